The van der Waals surface area contributed by atoms with Gasteiger partial charge in [-0.05, 0) is 31.4 Å². The highest BCUT2D eigenvalue weighted by atomic mass is 16.5. The lowest BCUT2D eigenvalue weighted by Crippen LogP contribution is -2.13. The first kappa shape index (κ1) is 14.3. The van der Waals surface area contributed by atoms with Gasteiger partial charge in [0.25, 0.3) is 0 Å². The van der Waals surface area contributed by atoms with E-state index < -0.39 is 5.97 Å². The lowest BCUT2D eigenvalue weighted by atomic mass is 10.0. The van der Waals surface area contributed by atoms with Crippen LogP contribution in [0.3, 0.4) is 0 Å². The van der Waals surface area contributed by atoms with Crippen molar-refractivity contribution in [3.05, 3.63) is 45.7 Å². The van der Waals surface area contributed by atoms with Gasteiger partial charge in [0.15, 0.2) is 5.43 Å². The number of ether oxygens (including phenoxy) is 1. The molecule has 0 aliphatic rings. The summed E-state index contributed by atoms with van der Waals surface area (Å²) >= 11 is 0. The van der Waals surface area contributed by atoms with Crippen LogP contribution in [0.5, 0.6) is 0 Å². The van der Waals surface area contributed by atoms with Crippen LogP contribution in [0.4, 0.5) is 0 Å². The van der Waals surface area contributed by atoms with E-state index in [1.165, 1.54) is 6.07 Å². The Balaban J connectivity index is 2.51. The maximum Gasteiger partial charge on any atom is 0.354 e. The van der Waals surface area contributed by atoms with Gasteiger partial charge in [-0.25, -0.2) is 4.79 Å². The topological polar surface area (TPSA) is 59.2 Å². The molecule has 0 radical (unpaired) electrons. The number of benzene rings is 1. The third-order valence-corrected chi connectivity index (χ3v) is 3.24. The zero-order chi connectivity index (χ0) is 14.5. The molecule has 20 heavy (non-hydrogen) atoms. The number of carbonyl (C=O) groups excluding carboxylic acids is 1. The van der Waals surface area contributed by atoms with Crippen molar-refractivity contribution in [1.82, 2.24) is 4.98 Å². The SMILES string of the molecule is CCCCc1cccc2[nH]c(C(=O)OCC)cc(=O)c12. The summed E-state index contributed by atoms with van der Waals surface area (Å²) in [5.74, 6) is -0.495. The van der Waals surface area contributed by atoms with E-state index in [4.69, 9.17) is 4.74 Å². The number of carbonyl (C=O) groups is 1. The molecule has 0 unspecified atom stereocenters. The van der Waals surface area contributed by atoms with E-state index in [1.807, 2.05) is 18.2 Å². The number of aromatic amines is 1. The maximum absolute atomic E-state index is 12.3. The van der Waals surface area contributed by atoms with Gasteiger partial charge in [0.1, 0.15) is 5.69 Å². The Kier molecular flexibility index (Phi) is 4.56. The molecule has 0 aliphatic carbocycles. The number of rotatable bonds is 5. The lowest BCUT2D eigenvalue weighted by Gasteiger charge is -2.07. The fourth-order valence-electron chi connectivity index (χ4n) is 2.27. The Hall–Kier alpha value is -2.10. The number of aryl methyl sites for hydroxylation is 1. The molecule has 2 aromatic rings. The second-order valence-electron chi connectivity index (χ2n) is 4.71. The Morgan fingerprint density at radius 3 is 2.80 bits per heavy atom. The van der Waals surface area contributed by atoms with Crippen LogP contribution in [0.1, 0.15) is 42.7 Å². The van der Waals surface area contributed by atoms with Crippen LogP contribution in [0.2, 0.25) is 0 Å². The van der Waals surface area contributed by atoms with Crippen molar-refractivity contribution in [2.24, 2.45) is 0 Å². The average molecular weight is 273 g/mol. The van der Waals surface area contributed by atoms with Crippen molar-refractivity contribution in [3.63, 3.8) is 0 Å². The molecule has 0 amide bonds. The normalized spacial score (nSPS) is 10.7. The largest absolute Gasteiger partial charge is 0.461 e. The molecule has 0 aliphatic heterocycles. The molecular weight excluding hydrogens is 254 g/mol. The van der Waals surface area contributed by atoms with E-state index in [0.29, 0.717) is 10.9 Å². The fourth-order valence-corrected chi connectivity index (χ4v) is 2.27. The van der Waals surface area contributed by atoms with Gasteiger partial charge in [0, 0.05) is 11.5 Å². The Morgan fingerprint density at radius 2 is 2.10 bits per heavy atom. The highest BCUT2D eigenvalue weighted by molar-refractivity contribution is 5.91. The van der Waals surface area contributed by atoms with Crippen LogP contribution in [0, 0.1) is 0 Å². The summed E-state index contributed by atoms with van der Waals surface area (Å²) in [6.07, 6.45) is 2.99. The monoisotopic (exact) mass is 273 g/mol. The molecule has 0 saturated heterocycles. The van der Waals surface area contributed by atoms with Crippen LogP contribution >= 0.6 is 0 Å². The second kappa shape index (κ2) is 6.37. The summed E-state index contributed by atoms with van der Waals surface area (Å²) < 4.78 is 4.92. The maximum atomic E-state index is 12.3. The van der Waals surface area contributed by atoms with E-state index in [9.17, 15) is 9.59 Å². The molecule has 0 atom stereocenters. The summed E-state index contributed by atoms with van der Waals surface area (Å²) in [6, 6.07) is 7.01. The highest BCUT2D eigenvalue weighted by Gasteiger charge is 2.12. The molecule has 0 spiro atoms. The van der Waals surface area contributed by atoms with Gasteiger partial charge in [0.05, 0.1) is 12.1 Å². The first-order chi connectivity index (χ1) is 9.67. The number of fused-ring (bicyclic) bond motifs is 1. The molecule has 1 heterocycles. The zero-order valence-electron chi connectivity index (χ0n) is 11.9. The number of esters is 1. The van der Waals surface area contributed by atoms with E-state index in [0.717, 1.165) is 24.8 Å². The van der Waals surface area contributed by atoms with Gasteiger partial charge in [-0.2, -0.15) is 0 Å². The molecular formula is C16H19NO3. The van der Waals surface area contributed by atoms with Crippen LogP contribution in [0.15, 0.2) is 29.1 Å². The Morgan fingerprint density at radius 1 is 1.30 bits per heavy atom. The minimum Gasteiger partial charge on any atom is -0.461 e. The highest BCUT2D eigenvalue weighted by Crippen LogP contribution is 2.16. The molecule has 0 bridgehead atoms. The Bertz CT molecular complexity index is 673. The van der Waals surface area contributed by atoms with E-state index in [-0.39, 0.29) is 17.7 Å². The molecule has 0 fully saturated rings. The zero-order valence-corrected chi connectivity index (χ0v) is 11.9. The van der Waals surface area contributed by atoms with Crippen LogP contribution in [-0.4, -0.2) is 17.6 Å². The molecule has 106 valence electrons. The summed E-state index contributed by atoms with van der Waals surface area (Å²) in [5.41, 5.74) is 1.79. The predicted octanol–water partition coefficient (Wildman–Crippen LogP) is 3.05. The van der Waals surface area contributed by atoms with Gasteiger partial charge in [-0.3, -0.25) is 4.79 Å². The average Bonchev–Trinajstić information content (AvgIpc) is 2.44. The minimum atomic E-state index is -0.495. The molecule has 2 rings (SSSR count). The van der Waals surface area contributed by atoms with Crippen molar-refractivity contribution in [3.8, 4) is 0 Å². The quantitative estimate of drug-likeness (QED) is 0.852. The van der Waals surface area contributed by atoms with Gasteiger partial charge in [-0.15, -0.1) is 0 Å². The van der Waals surface area contributed by atoms with Gasteiger partial charge in [-0.1, -0.05) is 25.5 Å². The summed E-state index contributed by atoms with van der Waals surface area (Å²) in [6.45, 7) is 4.14. The van der Waals surface area contributed by atoms with Crippen LogP contribution in [-0.2, 0) is 11.2 Å². The van der Waals surface area contributed by atoms with Crippen molar-refractivity contribution in [1.29, 1.82) is 0 Å². The van der Waals surface area contributed by atoms with E-state index >= 15 is 0 Å². The number of H-pyrrole nitrogens is 1. The Labute approximate surface area is 117 Å². The molecule has 4 heteroatoms. The summed E-state index contributed by atoms with van der Waals surface area (Å²) in [7, 11) is 0. The molecule has 1 N–H and O–H groups in total. The van der Waals surface area contributed by atoms with Crippen molar-refractivity contribution in [2.45, 2.75) is 33.1 Å². The standard InChI is InChI=1S/C16H19NO3/c1-3-5-7-11-8-6-9-12-15(11)14(18)10-13(17-12)16(19)20-4-2/h6,8-10H,3-5,7H2,1-2H3,(H,17,18). The number of aromatic nitrogens is 1. The fraction of sp³-hybridized carbons (Fsp3) is 0.375. The minimum absolute atomic E-state index is 0.131. The van der Waals surface area contributed by atoms with Crippen molar-refractivity contribution >= 4 is 16.9 Å². The molecule has 0 saturated carbocycles. The smallest absolute Gasteiger partial charge is 0.354 e. The number of unbranched alkanes of at least 4 members (excludes halogenated alkanes) is 1. The predicted molar refractivity (Wildman–Crippen MR) is 79.1 cm³/mol. The first-order valence-electron chi connectivity index (χ1n) is 6.99. The molecule has 4 nitrogen and oxygen atoms in total. The van der Waals surface area contributed by atoms with Gasteiger partial charge < -0.3 is 9.72 Å². The number of nitrogens with one attached hydrogen (secondary N) is 1. The second-order valence-corrected chi connectivity index (χ2v) is 4.71. The van der Waals surface area contributed by atoms with E-state index in [2.05, 4.69) is 11.9 Å². The number of hydrogen-bond donors (Lipinski definition) is 1. The summed E-state index contributed by atoms with van der Waals surface area (Å²) in [5, 5.41) is 0.675. The van der Waals surface area contributed by atoms with Gasteiger partial charge >= 0.3 is 5.97 Å². The van der Waals surface area contributed by atoms with E-state index in [1.54, 1.807) is 6.92 Å². The number of hydrogen-bond acceptors (Lipinski definition) is 3. The van der Waals surface area contributed by atoms with Crippen molar-refractivity contribution < 1.29 is 9.53 Å². The van der Waals surface area contributed by atoms with Crippen molar-refractivity contribution in [2.75, 3.05) is 6.61 Å². The lowest BCUT2D eigenvalue weighted by molar-refractivity contribution is 0.0520. The number of pyridine rings is 1. The molecule has 1 aromatic heterocycles. The van der Waals surface area contributed by atoms with Crippen LogP contribution < -0.4 is 5.43 Å². The molecule has 1 aromatic carbocycles. The van der Waals surface area contributed by atoms with Crippen LogP contribution in [0.25, 0.3) is 10.9 Å². The first-order valence-corrected chi connectivity index (χ1v) is 6.99. The van der Waals surface area contributed by atoms with Gasteiger partial charge in [0.2, 0.25) is 0 Å². The summed E-state index contributed by atoms with van der Waals surface area (Å²) in [4.78, 5) is 27.0. The third kappa shape index (κ3) is 2.90. The third-order valence-electron chi connectivity index (χ3n) is 3.24.